The summed E-state index contributed by atoms with van der Waals surface area (Å²) in [6.45, 7) is 4.11. The van der Waals surface area contributed by atoms with Gasteiger partial charge in [-0.15, -0.1) is 0 Å². The molecule has 0 N–H and O–H groups in total. The molecule has 1 heterocycles. The van der Waals surface area contributed by atoms with Crippen molar-refractivity contribution < 1.29 is 4.79 Å². The lowest BCUT2D eigenvalue weighted by Gasteiger charge is -2.33. The fourth-order valence-electron chi connectivity index (χ4n) is 1.98. The van der Waals surface area contributed by atoms with Crippen molar-refractivity contribution in [2.45, 2.75) is 12.2 Å². The Kier molecular flexibility index (Phi) is 3.77. The van der Waals surface area contributed by atoms with E-state index in [0.717, 1.165) is 30.8 Å². The summed E-state index contributed by atoms with van der Waals surface area (Å²) >= 11 is 8.14. The highest BCUT2D eigenvalue weighted by molar-refractivity contribution is 8.00. The van der Waals surface area contributed by atoms with Gasteiger partial charge in [0.05, 0.1) is 10.7 Å². The van der Waals surface area contributed by atoms with Crippen molar-refractivity contribution in [3.05, 3.63) is 28.8 Å². The highest BCUT2D eigenvalue weighted by Crippen LogP contribution is 2.32. The third-order valence-corrected chi connectivity index (χ3v) is 4.14. The average Bonchev–Trinajstić information content (AvgIpc) is 2.28. The molecule has 1 unspecified atom stereocenters. The predicted octanol–water partition coefficient (Wildman–Crippen LogP) is 3.09. The van der Waals surface area contributed by atoms with Crippen LogP contribution in [0.4, 0.5) is 5.69 Å². The molecule has 1 aliphatic heterocycles. The molecule has 1 aromatic carbocycles. The molecule has 0 amide bonds. The summed E-state index contributed by atoms with van der Waals surface area (Å²) in [5.74, 6) is 1.09. The number of nitrogens with zero attached hydrogens (tertiary/aromatic N) is 1. The number of carbonyl (C=O) groups excluding carboxylic acids is 1. The minimum Gasteiger partial charge on any atom is -0.368 e. The van der Waals surface area contributed by atoms with Crippen LogP contribution in [-0.4, -0.2) is 30.4 Å². The normalized spacial score (nSPS) is 20.9. The van der Waals surface area contributed by atoms with Gasteiger partial charge in [-0.05, 0) is 12.1 Å². The number of benzene rings is 1. The Balaban J connectivity index is 2.34. The average molecular weight is 256 g/mol. The van der Waals surface area contributed by atoms with Crippen molar-refractivity contribution in [3.63, 3.8) is 0 Å². The van der Waals surface area contributed by atoms with Gasteiger partial charge < -0.3 is 4.90 Å². The summed E-state index contributed by atoms with van der Waals surface area (Å²) in [7, 11) is 0. The van der Waals surface area contributed by atoms with E-state index in [2.05, 4.69) is 11.8 Å². The van der Waals surface area contributed by atoms with Crippen molar-refractivity contribution in [1.82, 2.24) is 0 Å². The largest absolute Gasteiger partial charge is 0.368 e. The zero-order valence-electron chi connectivity index (χ0n) is 9.15. The Morgan fingerprint density at radius 1 is 1.56 bits per heavy atom. The first kappa shape index (κ1) is 11.8. The second-order valence-corrected chi connectivity index (χ2v) is 5.88. The lowest BCUT2D eigenvalue weighted by atomic mass is 10.1. The lowest BCUT2D eigenvalue weighted by Crippen LogP contribution is -2.37. The molecule has 16 heavy (non-hydrogen) atoms. The van der Waals surface area contributed by atoms with Crippen LogP contribution in [0.5, 0.6) is 0 Å². The van der Waals surface area contributed by atoms with Gasteiger partial charge in [-0.3, -0.25) is 4.79 Å². The zero-order chi connectivity index (χ0) is 11.5. The van der Waals surface area contributed by atoms with Gasteiger partial charge in [0.1, 0.15) is 0 Å². The second kappa shape index (κ2) is 5.11. The molecular weight excluding hydrogens is 242 g/mol. The van der Waals surface area contributed by atoms with Gasteiger partial charge in [-0.1, -0.05) is 24.6 Å². The van der Waals surface area contributed by atoms with Gasteiger partial charge >= 0.3 is 0 Å². The van der Waals surface area contributed by atoms with Crippen LogP contribution in [-0.2, 0) is 0 Å². The maximum Gasteiger partial charge on any atom is 0.152 e. The van der Waals surface area contributed by atoms with Crippen LogP contribution in [0.3, 0.4) is 0 Å². The van der Waals surface area contributed by atoms with E-state index >= 15 is 0 Å². The van der Waals surface area contributed by atoms with E-state index in [1.807, 2.05) is 30.0 Å². The van der Waals surface area contributed by atoms with Crippen LogP contribution in [0.1, 0.15) is 17.3 Å². The molecule has 2 nitrogen and oxygen atoms in total. The summed E-state index contributed by atoms with van der Waals surface area (Å²) < 4.78 is 0. The third kappa shape index (κ3) is 2.36. The van der Waals surface area contributed by atoms with Crippen LogP contribution in [0.2, 0.25) is 5.02 Å². The summed E-state index contributed by atoms with van der Waals surface area (Å²) in [4.78, 5) is 13.2. The summed E-state index contributed by atoms with van der Waals surface area (Å²) in [5, 5.41) is 1.26. The van der Waals surface area contributed by atoms with E-state index in [1.165, 1.54) is 0 Å². The van der Waals surface area contributed by atoms with Crippen molar-refractivity contribution >= 4 is 35.3 Å². The number of thioether (sulfide) groups is 1. The molecular formula is C12H14ClNOS. The Morgan fingerprint density at radius 3 is 3.06 bits per heavy atom. The number of hydrogen-bond donors (Lipinski definition) is 0. The van der Waals surface area contributed by atoms with E-state index < -0.39 is 0 Å². The maximum absolute atomic E-state index is 11.0. The first-order valence-electron chi connectivity index (χ1n) is 5.32. The smallest absolute Gasteiger partial charge is 0.152 e. The number of rotatable bonds is 2. The molecule has 0 aliphatic carbocycles. The predicted molar refractivity (Wildman–Crippen MR) is 71.0 cm³/mol. The number of hydrogen-bond acceptors (Lipinski definition) is 3. The first-order chi connectivity index (χ1) is 7.72. The number of aldehydes is 1. The fourth-order valence-corrected chi connectivity index (χ4v) is 3.30. The molecule has 1 aromatic rings. The molecule has 0 saturated carbocycles. The van der Waals surface area contributed by atoms with E-state index in [9.17, 15) is 4.79 Å². The van der Waals surface area contributed by atoms with E-state index in [4.69, 9.17) is 11.6 Å². The first-order valence-corrected chi connectivity index (χ1v) is 6.75. The minimum atomic E-state index is 0.588. The number of para-hydroxylation sites is 1. The SMILES string of the molecule is CC1CN(c2c(Cl)cccc2C=O)CCS1. The highest BCUT2D eigenvalue weighted by Gasteiger charge is 2.20. The molecule has 1 aliphatic rings. The lowest BCUT2D eigenvalue weighted by molar-refractivity contribution is 0.112. The number of halogens is 1. The van der Waals surface area contributed by atoms with Crippen molar-refractivity contribution in [1.29, 1.82) is 0 Å². The molecule has 0 bridgehead atoms. The fraction of sp³-hybridized carbons (Fsp3) is 0.417. The molecule has 1 fully saturated rings. The molecule has 1 atom stereocenters. The van der Waals surface area contributed by atoms with Crippen LogP contribution < -0.4 is 4.90 Å². The quantitative estimate of drug-likeness (QED) is 0.758. The zero-order valence-corrected chi connectivity index (χ0v) is 10.7. The standard InChI is InChI=1S/C12H14ClNOS/c1-9-7-14(5-6-16-9)12-10(8-15)3-2-4-11(12)13/h2-4,8-9H,5-7H2,1H3. The van der Waals surface area contributed by atoms with Gasteiger partial charge in [0.15, 0.2) is 6.29 Å². The van der Waals surface area contributed by atoms with E-state index in [0.29, 0.717) is 15.8 Å². The van der Waals surface area contributed by atoms with Gasteiger partial charge in [0, 0.05) is 29.7 Å². The van der Waals surface area contributed by atoms with Crippen LogP contribution in [0, 0.1) is 0 Å². The molecule has 86 valence electrons. The maximum atomic E-state index is 11.0. The van der Waals surface area contributed by atoms with E-state index in [1.54, 1.807) is 0 Å². The Bertz CT molecular complexity index is 397. The Morgan fingerprint density at radius 2 is 2.38 bits per heavy atom. The van der Waals surface area contributed by atoms with Gasteiger partial charge in [-0.25, -0.2) is 0 Å². The van der Waals surface area contributed by atoms with Crippen molar-refractivity contribution in [2.24, 2.45) is 0 Å². The molecule has 0 aromatic heterocycles. The Labute approximate surface area is 105 Å². The van der Waals surface area contributed by atoms with Crippen molar-refractivity contribution in [3.8, 4) is 0 Å². The van der Waals surface area contributed by atoms with Crippen molar-refractivity contribution in [2.75, 3.05) is 23.7 Å². The van der Waals surface area contributed by atoms with Gasteiger partial charge in [0.2, 0.25) is 0 Å². The van der Waals surface area contributed by atoms with Crippen LogP contribution in [0.15, 0.2) is 18.2 Å². The summed E-state index contributed by atoms with van der Waals surface area (Å²) in [6.07, 6.45) is 0.883. The van der Waals surface area contributed by atoms with Crippen LogP contribution in [0.25, 0.3) is 0 Å². The molecule has 0 spiro atoms. The number of carbonyl (C=O) groups is 1. The monoisotopic (exact) mass is 255 g/mol. The molecule has 1 saturated heterocycles. The second-order valence-electron chi connectivity index (χ2n) is 3.92. The van der Waals surface area contributed by atoms with Crippen LogP contribution >= 0.6 is 23.4 Å². The highest BCUT2D eigenvalue weighted by atomic mass is 35.5. The van der Waals surface area contributed by atoms with E-state index in [-0.39, 0.29) is 0 Å². The molecule has 0 radical (unpaired) electrons. The summed E-state index contributed by atoms with van der Waals surface area (Å²) in [6, 6.07) is 5.48. The Hall–Kier alpha value is -0.670. The molecule has 2 rings (SSSR count). The third-order valence-electron chi connectivity index (χ3n) is 2.70. The topological polar surface area (TPSA) is 20.3 Å². The minimum absolute atomic E-state index is 0.588. The number of anilines is 1. The van der Waals surface area contributed by atoms with Gasteiger partial charge in [-0.2, -0.15) is 11.8 Å². The van der Waals surface area contributed by atoms with Gasteiger partial charge in [0.25, 0.3) is 0 Å². The summed E-state index contributed by atoms with van der Waals surface area (Å²) in [5.41, 5.74) is 1.58. The molecule has 4 heteroatoms.